The fourth-order valence-electron chi connectivity index (χ4n) is 4.75. The lowest BCUT2D eigenvalue weighted by molar-refractivity contribution is -0.633. The molecule has 160 valence electrons. The predicted octanol–water partition coefficient (Wildman–Crippen LogP) is 7.02. The average molecular weight is 447 g/mol. The van der Waals surface area contributed by atoms with Crippen molar-refractivity contribution in [3.05, 3.63) is 102 Å². The topological polar surface area (TPSA) is 21.7 Å². The summed E-state index contributed by atoms with van der Waals surface area (Å²) < 4.78 is 5.92. The number of rotatable bonds is 3. The number of aryl methyl sites for hydroxylation is 3. The number of imidazole rings is 1. The molecule has 33 heavy (non-hydrogen) atoms. The number of thiazole rings is 1. The van der Waals surface area contributed by atoms with Crippen LogP contribution in [0.3, 0.4) is 0 Å². The maximum atomic E-state index is 4.70. The summed E-state index contributed by atoms with van der Waals surface area (Å²) in [6.45, 7) is 4.26. The van der Waals surface area contributed by atoms with E-state index in [9.17, 15) is 0 Å². The molecule has 0 spiro atoms. The summed E-state index contributed by atoms with van der Waals surface area (Å²) in [7, 11) is 2.16. The van der Waals surface area contributed by atoms with Crippen LogP contribution in [-0.4, -0.2) is 9.55 Å². The maximum Gasteiger partial charge on any atom is 0.295 e. The first-order chi connectivity index (χ1) is 16.1. The summed E-state index contributed by atoms with van der Waals surface area (Å²) in [5.41, 5.74) is 9.55. The molecule has 2 aromatic heterocycles. The highest BCUT2D eigenvalue weighted by Crippen LogP contribution is 2.34. The molecule has 0 unspecified atom stereocenters. The average Bonchev–Trinajstić information content (AvgIpc) is 3.35. The molecule has 0 aliphatic heterocycles. The van der Waals surface area contributed by atoms with Crippen LogP contribution in [0, 0.1) is 13.8 Å². The van der Waals surface area contributed by atoms with E-state index in [1.54, 1.807) is 11.3 Å². The summed E-state index contributed by atoms with van der Waals surface area (Å²) >= 11 is 1.75. The van der Waals surface area contributed by atoms with Crippen LogP contribution in [0.5, 0.6) is 0 Å². The van der Waals surface area contributed by atoms with E-state index in [1.165, 1.54) is 43.8 Å². The predicted molar refractivity (Wildman–Crippen MR) is 138 cm³/mol. The van der Waals surface area contributed by atoms with Gasteiger partial charge in [0, 0.05) is 0 Å². The van der Waals surface area contributed by atoms with Crippen molar-refractivity contribution in [3.8, 4) is 28.2 Å². The molecule has 0 aliphatic rings. The molecule has 2 heterocycles. The standard InChI is InChI=1S/C29H24N3S/c1-19-17-25-28(33-20(2)30-25)18-24(19)29-31(3)26-11-7-8-12-27(26)32(29)23-15-13-22(14-16-23)21-9-5-4-6-10-21/h4-18H,1-3H3/q+1. The molecular formula is C29H24N3S+. The van der Waals surface area contributed by atoms with Crippen molar-refractivity contribution in [2.24, 2.45) is 7.05 Å². The zero-order valence-electron chi connectivity index (χ0n) is 18.9. The summed E-state index contributed by atoms with van der Waals surface area (Å²) in [5, 5.41) is 1.10. The van der Waals surface area contributed by atoms with Crippen molar-refractivity contribution in [1.82, 2.24) is 9.55 Å². The third-order valence-electron chi connectivity index (χ3n) is 6.33. The highest BCUT2D eigenvalue weighted by Gasteiger charge is 2.27. The normalized spacial score (nSPS) is 11.5. The van der Waals surface area contributed by atoms with Gasteiger partial charge in [-0.2, -0.15) is 4.57 Å². The summed E-state index contributed by atoms with van der Waals surface area (Å²) in [6, 6.07) is 32.6. The Morgan fingerprint density at radius 2 is 1.48 bits per heavy atom. The van der Waals surface area contributed by atoms with Crippen molar-refractivity contribution in [2.45, 2.75) is 13.8 Å². The van der Waals surface area contributed by atoms with E-state index in [1.807, 2.05) is 0 Å². The molecule has 0 fully saturated rings. The van der Waals surface area contributed by atoms with Gasteiger partial charge in [-0.05, 0) is 66.9 Å². The van der Waals surface area contributed by atoms with Crippen molar-refractivity contribution < 1.29 is 4.57 Å². The Kier molecular flexibility index (Phi) is 4.63. The summed E-state index contributed by atoms with van der Waals surface area (Å²) in [4.78, 5) is 4.70. The van der Waals surface area contributed by atoms with Gasteiger partial charge in [0.15, 0.2) is 11.0 Å². The lowest BCUT2D eigenvalue weighted by atomic mass is 10.0. The summed E-state index contributed by atoms with van der Waals surface area (Å²) in [6.07, 6.45) is 0. The van der Waals surface area contributed by atoms with E-state index in [4.69, 9.17) is 4.98 Å². The number of fused-ring (bicyclic) bond motifs is 2. The Morgan fingerprint density at radius 3 is 2.27 bits per heavy atom. The van der Waals surface area contributed by atoms with Gasteiger partial charge in [0.1, 0.15) is 5.69 Å². The second kappa shape index (κ2) is 7.68. The van der Waals surface area contributed by atoms with Crippen LogP contribution in [0.15, 0.2) is 91.0 Å². The molecular weight excluding hydrogens is 422 g/mol. The van der Waals surface area contributed by atoms with Crippen LogP contribution in [0.1, 0.15) is 10.6 Å². The Balaban J connectivity index is 1.60. The maximum absolute atomic E-state index is 4.70. The van der Waals surface area contributed by atoms with Crippen LogP contribution in [0.25, 0.3) is 49.5 Å². The van der Waals surface area contributed by atoms with Crippen molar-refractivity contribution in [2.75, 3.05) is 0 Å². The summed E-state index contributed by atoms with van der Waals surface area (Å²) in [5.74, 6) is 1.18. The Labute approximate surface area is 197 Å². The van der Waals surface area contributed by atoms with Crippen LogP contribution in [0.4, 0.5) is 0 Å². The smallest absolute Gasteiger partial charge is 0.242 e. The fraction of sp³-hybridized carbons (Fsp3) is 0.103. The molecule has 4 heteroatoms. The first-order valence-electron chi connectivity index (χ1n) is 11.1. The van der Waals surface area contributed by atoms with E-state index in [0.717, 1.165) is 16.2 Å². The van der Waals surface area contributed by atoms with E-state index >= 15 is 0 Å². The number of para-hydroxylation sites is 2. The molecule has 0 bridgehead atoms. The number of hydrogen-bond acceptors (Lipinski definition) is 2. The SMILES string of the molecule is Cc1nc2cc(C)c(-c3n(-c4ccc(-c5ccccc5)cc4)c4ccccc4[n+]3C)cc2s1. The number of aromatic nitrogens is 3. The quantitative estimate of drug-likeness (QED) is 0.268. The third kappa shape index (κ3) is 3.26. The zero-order chi connectivity index (χ0) is 22.5. The molecule has 0 saturated heterocycles. The first kappa shape index (κ1) is 19.9. The zero-order valence-corrected chi connectivity index (χ0v) is 19.7. The van der Waals surface area contributed by atoms with Gasteiger partial charge < -0.3 is 0 Å². The largest absolute Gasteiger partial charge is 0.295 e. The van der Waals surface area contributed by atoms with Crippen molar-refractivity contribution >= 4 is 32.6 Å². The highest BCUT2D eigenvalue weighted by atomic mass is 32.1. The van der Waals surface area contributed by atoms with Gasteiger partial charge in [-0.25, -0.2) is 9.55 Å². The molecule has 6 rings (SSSR count). The van der Waals surface area contributed by atoms with Gasteiger partial charge in [-0.15, -0.1) is 11.3 Å². The molecule has 0 aliphatic carbocycles. The second-order valence-electron chi connectivity index (χ2n) is 8.49. The second-order valence-corrected chi connectivity index (χ2v) is 9.72. The lowest BCUT2D eigenvalue weighted by Gasteiger charge is -2.08. The van der Waals surface area contributed by atoms with E-state index in [2.05, 4.69) is 121 Å². The van der Waals surface area contributed by atoms with Crippen LogP contribution < -0.4 is 4.57 Å². The van der Waals surface area contributed by atoms with E-state index < -0.39 is 0 Å². The molecule has 0 N–H and O–H groups in total. The van der Waals surface area contributed by atoms with Gasteiger partial charge >= 0.3 is 0 Å². The fourth-order valence-corrected chi connectivity index (χ4v) is 5.59. The first-order valence-corrected chi connectivity index (χ1v) is 12.0. The van der Waals surface area contributed by atoms with E-state index in [-0.39, 0.29) is 0 Å². The Morgan fingerprint density at radius 1 is 0.788 bits per heavy atom. The molecule has 0 radical (unpaired) electrons. The van der Waals surface area contributed by atoms with Gasteiger partial charge in [0.25, 0.3) is 5.82 Å². The molecule has 0 amide bonds. The molecule has 4 aromatic carbocycles. The number of nitrogens with zero attached hydrogens (tertiary/aromatic N) is 3. The van der Waals surface area contributed by atoms with Gasteiger partial charge in [0.2, 0.25) is 0 Å². The molecule has 3 nitrogen and oxygen atoms in total. The molecule has 0 saturated carbocycles. The lowest BCUT2D eigenvalue weighted by Crippen LogP contribution is -2.30. The number of benzene rings is 4. The van der Waals surface area contributed by atoms with Crippen LogP contribution >= 0.6 is 11.3 Å². The van der Waals surface area contributed by atoms with Crippen molar-refractivity contribution in [3.63, 3.8) is 0 Å². The van der Waals surface area contributed by atoms with Gasteiger partial charge in [-0.1, -0.05) is 54.6 Å². The van der Waals surface area contributed by atoms with Crippen LogP contribution in [0.2, 0.25) is 0 Å². The minimum atomic E-state index is 1.08. The van der Waals surface area contributed by atoms with Gasteiger partial charge in [0.05, 0.1) is 27.8 Å². The Hall–Kier alpha value is -3.76. The molecule has 6 aromatic rings. The Bertz CT molecular complexity index is 1620. The third-order valence-corrected chi connectivity index (χ3v) is 7.26. The monoisotopic (exact) mass is 446 g/mol. The minimum Gasteiger partial charge on any atom is -0.242 e. The number of hydrogen-bond donors (Lipinski definition) is 0. The van der Waals surface area contributed by atoms with Crippen molar-refractivity contribution in [1.29, 1.82) is 0 Å². The molecule has 0 atom stereocenters. The highest BCUT2D eigenvalue weighted by molar-refractivity contribution is 7.18. The minimum absolute atomic E-state index is 1.08. The van der Waals surface area contributed by atoms with Gasteiger partial charge in [-0.3, -0.25) is 0 Å². The van der Waals surface area contributed by atoms with E-state index in [0.29, 0.717) is 0 Å². The van der Waals surface area contributed by atoms with Crippen LogP contribution in [-0.2, 0) is 7.05 Å².